The maximum Gasteiger partial charge on any atom is 0.225 e. The van der Waals surface area contributed by atoms with Crippen LogP contribution in [0, 0.1) is 5.92 Å². The number of nitrogens with one attached hydrogen (secondary N) is 1. The van der Waals surface area contributed by atoms with Crippen molar-refractivity contribution in [1.82, 2.24) is 10.2 Å². The predicted octanol–water partition coefficient (Wildman–Crippen LogP) is 2.17. The maximum atomic E-state index is 12.4. The van der Waals surface area contributed by atoms with Gasteiger partial charge < -0.3 is 10.2 Å². The number of likely N-dealkylation sites (tertiary alicyclic amines) is 1. The van der Waals surface area contributed by atoms with Gasteiger partial charge in [-0.1, -0.05) is 13.8 Å². The molecule has 1 N–H and O–H groups in total. The second-order valence-corrected chi connectivity index (χ2v) is 5.61. The number of carbonyl (C=O) groups excluding carboxylic acids is 1. The summed E-state index contributed by atoms with van der Waals surface area (Å²) in [6, 6.07) is 1.02. The average Bonchev–Trinajstić information content (AvgIpc) is 2.90. The third-order valence-corrected chi connectivity index (χ3v) is 4.43. The third-order valence-electron chi connectivity index (χ3n) is 4.43. The van der Waals surface area contributed by atoms with Gasteiger partial charge in [-0.25, -0.2) is 0 Å². The molecule has 0 bridgehead atoms. The first kappa shape index (κ1) is 12.9. The Hall–Kier alpha value is -0.570. The van der Waals surface area contributed by atoms with Crippen molar-refractivity contribution in [3.05, 3.63) is 0 Å². The van der Waals surface area contributed by atoms with Crippen molar-refractivity contribution in [2.45, 2.75) is 64.5 Å². The second-order valence-electron chi connectivity index (χ2n) is 5.61. The van der Waals surface area contributed by atoms with Crippen LogP contribution >= 0.6 is 0 Å². The first-order chi connectivity index (χ1) is 8.24. The van der Waals surface area contributed by atoms with Gasteiger partial charge >= 0.3 is 0 Å². The van der Waals surface area contributed by atoms with Gasteiger partial charge in [0.25, 0.3) is 0 Å². The molecule has 2 aliphatic rings. The van der Waals surface area contributed by atoms with E-state index in [-0.39, 0.29) is 5.92 Å². The van der Waals surface area contributed by atoms with Crippen molar-refractivity contribution < 1.29 is 4.79 Å². The molecule has 0 aliphatic carbocycles. The molecule has 0 aromatic rings. The minimum absolute atomic E-state index is 0.192. The monoisotopic (exact) mass is 238 g/mol. The van der Waals surface area contributed by atoms with E-state index in [1.54, 1.807) is 0 Å². The molecule has 98 valence electrons. The summed E-state index contributed by atoms with van der Waals surface area (Å²) in [6.07, 6.45) is 7.14. The molecule has 2 rings (SSSR count). The maximum absolute atomic E-state index is 12.4. The van der Waals surface area contributed by atoms with Crippen molar-refractivity contribution >= 4 is 5.91 Å². The summed E-state index contributed by atoms with van der Waals surface area (Å²) in [4.78, 5) is 14.6. The highest BCUT2D eigenvalue weighted by atomic mass is 16.2. The van der Waals surface area contributed by atoms with Crippen LogP contribution in [0.5, 0.6) is 0 Å². The van der Waals surface area contributed by atoms with Gasteiger partial charge in [-0.15, -0.1) is 0 Å². The average molecular weight is 238 g/mol. The van der Waals surface area contributed by atoms with Gasteiger partial charge in [0.1, 0.15) is 0 Å². The van der Waals surface area contributed by atoms with Crippen LogP contribution in [0.2, 0.25) is 0 Å². The van der Waals surface area contributed by atoms with E-state index in [9.17, 15) is 4.79 Å². The van der Waals surface area contributed by atoms with Crippen molar-refractivity contribution in [2.24, 2.45) is 5.92 Å². The highest BCUT2D eigenvalue weighted by Crippen LogP contribution is 2.26. The topological polar surface area (TPSA) is 32.3 Å². The number of carbonyl (C=O) groups is 1. The normalized spacial score (nSPS) is 31.5. The van der Waals surface area contributed by atoms with Crippen LogP contribution in [-0.2, 0) is 4.79 Å². The van der Waals surface area contributed by atoms with Crippen LogP contribution in [0.1, 0.15) is 52.4 Å². The molecular weight excluding hydrogens is 212 g/mol. The fourth-order valence-electron chi connectivity index (χ4n) is 3.15. The SMILES string of the molecule is CCC(C)C(=O)N1CCCCC1C1CCCN1. The highest BCUT2D eigenvalue weighted by molar-refractivity contribution is 5.79. The van der Waals surface area contributed by atoms with Gasteiger partial charge in [0, 0.05) is 24.5 Å². The lowest BCUT2D eigenvalue weighted by Gasteiger charge is -2.40. The summed E-state index contributed by atoms with van der Waals surface area (Å²) < 4.78 is 0. The predicted molar refractivity (Wildman–Crippen MR) is 69.8 cm³/mol. The molecule has 2 fully saturated rings. The number of nitrogens with zero attached hydrogens (tertiary/aromatic N) is 1. The fourth-order valence-corrected chi connectivity index (χ4v) is 3.15. The molecule has 2 aliphatic heterocycles. The molecule has 0 aromatic heterocycles. The zero-order chi connectivity index (χ0) is 12.3. The van der Waals surface area contributed by atoms with E-state index in [1.165, 1.54) is 32.1 Å². The third kappa shape index (κ3) is 2.82. The van der Waals surface area contributed by atoms with Crippen molar-refractivity contribution in [1.29, 1.82) is 0 Å². The minimum Gasteiger partial charge on any atom is -0.338 e. The molecule has 3 unspecified atom stereocenters. The molecule has 3 heteroatoms. The molecule has 3 nitrogen and oxygen atoms in total. The summed E-state index contributed by atoms with van der Waals surface area (Å²) in [5.41, 5.74) is 0. The Morgan fingerprint density at radius 1 is 1.35 bits per heavy atom. The van der Waals surface area contributed by atoms with Crippen LogP contribution in [0.3, 0.4) is 0 Å². The Morgan fingerprint density at radius 2 is 2.18 bits per heavy atom. The Labute approximate surface area is 105 Å². The van der Waals surface area contributed by atoms with Gasteiger partial charge in [0.05, 0.1) is 0 Å². The Morgan fingerprint density at radius 3 is 2.82 bits per heavy atom. The smallest absolute Gasteiger partial charge is 0.225 e. The molecular formula is C14H26N2O. The van der Waals surface area contributed by atoms with Gasteiger partial charge in [0.15, 0.2) is 0 Å². The molecule has 3 atom stereocenters. The van der Waals surface area contributed by atoms with Crippen LogP contribution in [-0.4, -0.2) is 36.0 Å². The van der Waals surface area contributed by atoms with E-state index in [0.29, 0.717) is 18.0 Å². The standard InChI is InChI=1S/C14H26N2O/c1-3-11(2)14(17)16-10-5-4-8-13(16)12-7-6-9-15-12/h11-13,15H,3-10H2,1-2H3. The van der Waals surface area contributed by atoms with E-state index in [0.717, 1.165) is 19.5 Å². The number of piperidine rings is 1. The lowest BCUT2D eigenvalue weighted by Crippen LogP contribution is -2.53. The van der Waals surface area contributed by atoms with Crippen molar-refractivity contribution in [3.63, 3.8) is 0 Å². The quantitative estimate of drug-likeness (QED) is 0.817. The van der Waals surface area contributed by atoms with Gasteiger partial charge in [0.2, 0.25) is 5.91 Å². The van der Waals surface area contributed by atoms with Crippen molar-refractivity contribution in [2.75, 3.05) is 13.1 Å². The number of rotatable bonds is 3. The number of amides is 1. The van der Waals surface area contributed by atoms with E-state index < -0.39 is 0 Å². The number of hydrogen-bond donors (Lipinski definition) is 1. The molecule has 0 radical (unpaired) electrons. The van der Waals surface area contributed by atoms with E-state index >= 15 is 0 Å². The first-order valence-corrected chi connectivity index (χ1v) is 7.28. The van der Waals surface area contributed by atoms with Gasteiger partial charge in [-0.3, -0.25) is 4.79 Å². The van der Waals surface area contributed by atoms with Crippen molar-refractivity contribution in [3.8, 4) is 0 Å². The zero-order valence-corrected chi connectivity index (χ0v) is 11.2. The Bertz CT molecular complexity index is 261. The van der Waals surface area contributed by atoms with E-state index in [4.69, 9.17) is 0 Å². The molecule has 0 aromatic carbocycles. The van der Waals surface area contributed by atoms with Crippen LogP contribution in [0.4, 0.5) is 0 Å². The highest BCUT2D eigenvalue weighted by Gasteiger charge is 2.35. The first-order valence-electron chi connectivity index (χ1n) is 7.28. The zero-order valence-electron chi connectivity index (χ0n) is 11.2. The number of hydrogen-bond acceptors (Lipinski definition) is 2. The summed E-state index contributed by atoms with van der Waals surface area (Å²) >= 11 is 0. The summed E-state index contributed by atoms with van der Waals surface area (Å²) in [5.74, 6) is 0.572. The van der Waals surface area contributed by atoms with Crippen LogP contribution in [0.25, 0.3) is 0 Å². The molecule has 2 saturated heterocycles. The van der Waals surface area contributed by atoms with E-state index in [2.05, 4.69) is 24.1 Å². The molecule has 1 amide bonds. The Kier molecular flexibility index (Phi) is 4.43. The summed E-state index contributed by atoms with van der Waals surface area (Å²) in [5, 5.41) is 3.57. The summed E-state index contributed by atoms with van der Waals surface area (Å²) in [6.45, 7) is 6.28. The Balaban J connectivity index is 2.03. The largest absolute Gasteiger partial charge is 0.338 e. The lowest BCUT2D eigenvalue weighted by molar-refractivity contribution is -0.139. The molecule has 17 heavy (non-hydrogen) atoms. The second kappa shape index (κ2) is 5.85. The van der Waals surface area contributed by atoms with Crippen LogP contribution < -0.4 is 5.32 Å². The summed E-state index contributed by atoms with van der Waals surface area (Å²) in [7, 11) is 0. The minimum atomic E-state index is 0.192. The van der Waals surface area contributed by atoms with Gasteiger partial charge in [-0.05, 0) is 45.1 Å². The molecule has 0 spiro atoms. The fraction of sp³-hybridized carbons (Fsp3) is 0.929. The van der Waals surface area contributed by atoms with E-state index in [1.807, 2.05) is 0 Å². The lowest BCUT2D eigenvalue weighted by atomic mass is 9.92. The van der Waals surface area contributed by atoms with Crippen LogP contribution in [0.15, 0.2) is 0 Å². The molecule has 2 heterocycles. The van der Waals surface area contributed by atoms with Gasteiger partial charge in [-0.2, -0.15) is 0 Å². The molecule has 0 saturated carbocycles.